The molecule has 0 aliphatic rings. The molecule has 2 aromatic rings. The van der Waals surface area contributed by atoms with Gasteiger partial charge in [0.05, 0.1) is 5.52 Å². The van der Waals surface area contributed by atoms with Crippen molar-refractivity contribution in [1.82, 2.24) is 10.5 Å². The molecule has 1 amide bonds. The molecule has 1 heterocycles. The minimum atomic E-state index is -0.601. The molecule has 2 rings (SSSR count). The molecule has 15 heavy (non-hydrogen) atoms. The highest BCUT2D eigenvalue weighted by Gasteiger charge is 2.05. The molecule has 78 valence electrons. The standard InChI is InChI=1S/C10H8N2O2.H2O/c13-10(12-14)9-6-5-7-3-1-2-4-8(7)11-9;/h1-6,14H,(H,12,13);1H2. The molecule has 1 aromatic carbocycles. The molecule has 0 bridgehead atoms. The lowest BCUT2D eigenvalue weighted by Crippen LogP contribution is -2.19. The van der Waals surface area contributed by atoms with Crippen LogP contribution in [0.2, 0.25) is 0 Å². The second kappa shape index (κ2) is 4.50. The van der Waals surface area contributed by atoms with Gasteiger partial charge in [-0.05, 0) is 12.1 Å². The molecule has 0 saturated heterocycles. The average Bonchev–Trinajstić information content (AvgIpc) is 2.27. The molecular formula is C10H10N2O3. The molecule has 0 aliphatic carbocycles. The third kappa shape index (κ3) is 2.09. The summed E-state index contributed by atoms with van der Waals surface area (Å²) >= 11 is 0. The van der Waals surface area contributed by atoms with Crippen LogP contribution in [0.4, 0.5) is 0 Å². The summed E-state index contributed by atoms with van der Waals surface area (Å²) in [5, 5.41) is 9.38. The molecule has 5 nitrogen and oxygen atoms in total. The maximum Gasteiger partial charge on any atom is 0.293 e. The largest absolute Gasteiger partial charge is 0.412 e. The number of hydroxylamine groups is 1. The second-order valence-corrected chi connectivity index (χ2v) is 2.83. The summed E-state index contributed by atoms with van der Waals surface area (Å²) in [6, 6.07) is 10.8. The first-order valence-corrected chi connectivity index (χ1v) is 4.11. The van der Waals surface area contributed by atoms with Crippen LogP contribution in [0.1, 0.15) is 10.5 Å². The van der Waals surface area contributed by atoms with E-state index in [0.717, 1.165) is 10.9 Å². The van der Waals surface area contributed by atoms with E-state index in [4.69, 9.17) is 5.21 Å². The number of fused-ring (bicyclic) bond motifs is 1. The first kappa shape index (κ1) is 11.1. The van der Waals surface area contributed by atoms with Crippen molar-refractivity contribution in [2.24, 2.45) is 0 Å². The monoisotopic (exact) mass is 206 g/mol. The number of hydrogen-bond donors (Lipinski definition) is 2. The predicted molar refractivity (Wildman–Crippen MR) is 54.6 cm³/mol. The summed E-state index contributed by atoms with van der Waals surface area (Å²) in [7, 11) is 0. The van der Waals surface area contributed by atoms with E-state index in [0.29, 0.717) is 0 Å². The Balaban J connectivity index is 0.00000112. The number of hydrogen-bond acceptors (Lipinski definition) is 3. The number of carbonyl (C=O) groups excluding carboxylic acids is 1. The summed E-state index contributed by atoms with van der Waals surface area (Å²) in [5.74, 6) is -0.601. The topological polar surface area (TPSA) is 93.7 Å². The van der Waals surface area contributed by atoms with E-state index >= 15 is 0 Å². The second-order valence-electron chi connectivity index (χ2n) is 2.83. The Morgan fingerprint density at radius 3 is 2.67 bits per heavy atom. The number of nitrogens with zero attached hydrogens (tertiary/aromatic N) is 1. The van der Waals surface area contributed by atoms with Crippen LogP contribution in [-0.4, -0.2) is 21.6 Å². The van der Waals surface area contributed by atoms with Crippen molar-refractivity contribution < 1.29 is 15.5 Å². The zero-order chi connectivity index (χ0) is 9.97. The minimum absolute atomic E-state index is 0. The van der Waals surface area contributed by atoms with E-state index in [1.54, 1.807) is 17.6 Å². The Kier molecular flexibility index (Phi) is 3.33. The highest BCUT2D eigenvalue weighted by Crippen LogP contribution is 2.11. The first-order valence-electron chi connectivity index (χ1n) is 4.11. The number of carbonyl (C=O) groups is 1. The van der Waals surface area contributed by atoms with Crippen LogP contribution in [0, 0.1) is 0 Å². The number of rotatable bonds is 1. The Morgan fingerprint density at radius 2 is 1.93 bits per heavy atom. The smallest absolute Gasteiger partial charge is 0.293 e. The lowest BCUT2D eigenvalue weighted by molar-refractivity contribution is 0.0701. The average molecular weight is 206 g/mol. The molecule has 0 fully saturated rings. The Bertz CT molecular complexity index is 485. The van der Waals surface area contributed by atoms with Crippen molar-refractivity contribution in [3.63, 3.8) is 0 Å². The summed E-state index contributed by atoms with van der Waals surface area (Å²) in [5.41, 5.74) is 2.47. The van der Waals surface area contributed by atoms with Crippen molar-refractivity contribution in [3.05, 3.63) is 42.1 Å². The van der Waals surface area contributed by atoms with E-state index in [2.05, 4.69) is 4.98 Å². The SMILES string of the molecule is O.O=C(NO)c1ccc2ccccc2n1. The fraction of sp³-hybridized carbons (Fsp3) is 0. The highest BCUT2D eigenvalue weighted by molar-refractivity contribution is 5.94. The first-order chi connectivity index (χ1) is 6.81. The normalized spacial score (nSPS) is 9.40. The summed E-state index contributed by atoms with van der Waals surface area (Å²) in [6.07, 6.45) is 0. The Morgan fingerprint density at radius 1 is 1.20 bits per heavy atom. The third-order valence-corrected chi connectivity index (χ3v) is 1.93. The van der Waals surface area contributed by atoms with Gasteiger partial charge < -0.3 is 5.48 Å². The zero-order valence-electron chi connectivity index (χ0n) is 7.77. The van der Waals surface area contributed by atoms with Crippen LogP contribution >= 0.6 is 0 Å². The van der Waals surface area contributed by atoms with Gasteiger partial charge in [0.1, 0.15) is 5.69 Å². The predicted octanol–water partition coefficient (Wildman–Crippen LogP) is 0.529. The molecule has 0 aliphatic heterocycles. The van der Waals surface area contributed by atoms with Crippen LogP contribution in [0.5, 0.6) is 0 Å². The van der Waals surface area contributed by atoms with Gasteiger partial charge in [-0.2, -0.15) is 0 Å². The number of para-hydroxylation sites is 1. The summed E-state index contributed by atoms with van der Waals surface area (Å²) in [6.45, 7) is 0. The van der Waals surface area contributed by atoms with Gasteiger partial charge in [0.25, 0.3) is 5.91 Å². The lowest BCUT2D eigenvalue weighted by Gasteiger charge is -2.00. The van der Waals surface area contributed by atoms with Gasteiger partial charge in [0, 0.05) is 5.39 Å². The van der Waals surface area contributed by atoms with Gasteiger partial charge in [-0.15, -0.1) is 0 Å². The number of benzene rings is 1. The van der Waals surface area contributed by atoms with Crippen LogP contribution in [0.25, 0.3) is 10.9 Å². The van der Waals surface area contributed by atoms with Crippen LogP contribution < -0.4 is 5.48 Å². The molecule has 0 atom stereocenters. The molecule has 5 heteroatoms. The molecule has 0 unspecified atom stereocenters. The van der Waals surface area contributed by atoms with Gasteiger partial charge >= 0.3 is 0 Å². The van der Waals surface area contributed by atoms with Crippen LogP contribution in [-0.2, 0) is 0 Å². The third-order valence-electron chi connectivity index (χ3n) is 1.93. The molecule has 4 N–H and O–H groups in total. The number of nitrogens with one attached hydrogen (secondary N) is 1. The number of aromatic nitrogens is 1. The van der Waals surface area contributed by atoms with Gasteiger partial charge in [-0.25, -0.2) is 10.5 Å². The van der Waals surface area contributed by atoms with Gasteiger partial charge in [-0.1, -0.05) is 24.3 Å². The fourth-order valence-electron chi connectivity index (χ4n) is 1.25. The molecule has 0 spiro atoms. The minimum Gasteiger partial charge on any atom is -0.412 e. The van der Waals surface area contributed by atoms with E-state index in [9.17, 15) is 4.79 Å². The lowest BCUT2D eigenvalue weighted by atomic mass is 10.2. The van der Waals surface area contributed by atoms with Gasteiger partial charge in [0.15, 0.2) is 0 Å². The van der Waals surface area contributed by atoms with Crippen molar-refractivity contribution in [1.29, 1.82) is 0 Å². The van der Waals surface area contributed by atoms with Crippen LogP contribution in [0.3, 0.4) is 0 Å². The zero-order valence-corrected chi connectivity index (χ0v) is 7.77. The fourth-order valence-corrected chi connectivity index (χ4v) is 1.25. The van der Waals surface area contributed by atoms with Gasteiger partial charge in [0.2, 0.25) is 0 Å². The van der Waals surface area contributed by atoms with E-state index in [1.807, 2.05) is 24.3 Å². The van der Waals surface area contributed by atoms with Crippen molar-refractivity contribution in [2.75, 3.05) is 0 Å². The van der Waals surface area contributed by atoms with Crippen molar-refractivity contribution >= 4 is 16.8 Å². The number of pyridine rings is 1. The van der Waals surface area contributed by atoms with Crippen LogP contribution in [0.15, 0.2) is 36.4 Å². The maximum absolute atomic E-state index is 11.0. The van der Waals surface area contributed by atoms with Crippen molar-refractivity contribution in [2.45, 2.75) is 0 Å². The van der Waals surface area contributed by atoms with E-state index < -0.39 is 5.91 Å². The molecule has 0 saturated carbocycles. The number of amides is 1. The molecular weight excluding hydrogens is 196 g/mol. The maximum atomic E-state index is 11.0. The molecule has 1 aromatic heterocycles. The van der Waals surface area contributed by atoms with Crippen molar-refractivity contribution in [3.8, 4) is 0 Å². The van der Waals surface area contributed by atoms with E-state index in [1.165, 1.54) is 0 Å². The quantitative estimate of drug-likeness (QED) is 0.526. The summed E-state index contributed by atoms with van der Waals surface area (Å²) in [4.78, 5) is 15.1. The van der Waals surface area contributed by atoms with E-state index in [-0.39, 0.29) is 11.2 Å². The Labute approximate surface area is 85.6 Å². The Hall–Kier alpha value is -1.98. The molecule has 0 radical (unpaired) electrons. The summed E-state index contributed by atoms with van der Waals surface area (Å²) < 4.78 is 0. The highest BCUT2D eigenvalue weighted by atomic mass is 16.5. The van der Waals surface area contributed by atoms with Gasteiger partial charge in [-0.3, -0.25) is 10.0 Å².